The zero-order chi connectivity index (χ0) is 9.59. The van der Waals surface area contributed by atoms with Crippen LogP contribution in [0.15, 0.2) is 18.2 Å². The maximum absolute atomic E-state index is 12.9. The molecule has 0 aliphatic carbocycles. The van der Waals surface area contributed by atoms with Crippen molar-refractivity contribution in [2.45, 2.75) is 0 Å². The molecule has 2 rings (SSSR count). The molecule has 0 unspecified atom stereocenters. The van der Waals surface area contributed by atoms with Crippen molar-refractivity contribution in [1.82, 2.24) is 5.12 Å². The Morgan fingerprint density at radius 1 is 1.15 bits per heavy atom. The highest BCUT2D eigenvalue weighted by molar-refractivity contribution is 6.20. The molecule has 0 saturated heterocycles. The third-order valence-corrected chi connectivity index (χ3v) is 1.81. The van der Waals surface area contributed by atoms with Gasteiger partial charge in [0.2, 0.25) is 0 Å². The average molecular weight is 183 g/mol. The summed E-state index contributed by atoms with van der Waals surface area (Å²) in [5.41, 5.74) is -0.720. The Balaban J connectivity index is 2.74. The van der Waals surface area contributed by atoms with E-state index in [9.17, 15) is 18.5 Å². The third kappa shape index (κ3) is 0.867. The van der Waals surface area contributed by atoms with Gasteiger partial charge in [-0.25, -0.2) is 4.39 Å². The van der Waals surface area contributed by atoms with Gasteiger partial charge in [-0.2, -0.15) is 0 Å². The van der Waals surface area contributed by atoms with E-state index in [1.54, 1.807) is 0 Å². The van der Waals surface area contributed by atoms with E-state index in [-0.39, 0.29) is 5.56 Å². The summed E-state index contributed by atoms with van der Waals surface area (Å²) in [5, 5.41) is -0.590. The highest BCUT2D eigenvalue weighted by Crippen LogP contribution is 2.24. The van der Waals surface area contributed by atoms with Crippen LogP contribution in [0.1, 0.15) is 20.7 Å². The number of carbonyl (C=O) groups excluding carboxylic acids is 2. The van der Waals surface area contributed by atoms with E-state index >= 15 is 0 Å². The first-order valence-corrected chi connectivity index (χ1v) is 3.46. The van der Waals surface area contributed by atoms with Gasteiger partial charge >= 0.3 is 0 Å². The second kappa shape index (κ2) is 2.35. The highest BCUT2D eigenvalue weighted by atomic mass is 19.2. The molecule has 1 aliphatic rings. The molecule has 0 bridgehead atoms. The topological polar surface area (TPSA) is 37.4 Å². The summed E-state index contributed by atoms with van der Waals surface area (Å²) in [4.78, 5) is 21.8. The van der Waals surface area contributed by atoms with Crippen molar-refractivity contribution >= 4 is 11.8 Å². The summed E-state index contributed by atoms with van der Waals surface area (Å²) in [6.45, 7) is 0. The van der Waals surface area contributed by atoms with Crippen molar-refractivity contribution in [2.24, 2.45) is 0 Å². The van der Waals surface area contributed by atoms with Crippen LogP contribution in [0.5, 0.6) is 0 Å². The van der Waals surface area contributed by atoms with Crippen LogP contribution >= 0.6 is 0 Å². The quantitative estimate of drug-likeness (QED) is 0.449. The van der Waals surface area contributed by atoms with Crippen LogP contribution in [0.2, 0.25) is 0 Å². The molecule has 0 fully saturated rings. The maximum Gasteiger partial charge on any atom is 0.293 e. The molecule has 2 amide bonds. The molecule has 1 heterocycles. The number of benzene rings is 1. The van der Waals surface area contributed by atoms with Gasteiger partial charge in [-0.15, -0.1) is 5.12 Å². The van der Waals surface area contributed by atoms with Crippen molar-refractivity contribution in [3.05, 3.63) is 35.1 Å². The summed E-state index contributed by atoms with van der Waals surface area (Å²) < 4.78 is 25.6. The Kier molecular flexibility index (Phi) is 1.42. The van der Waals surface area contributed by atoms with E-state index in [2.05, 4.69) is 0 Å². The number of imide groups is 1. The number of nitrogens with zero attached hydrogens (tertiary/aromatic N) is 1. The minimum atomic E-state index is -1.24. The molecule has 1 aliphatic heterocycles. The normalized spacial score (nSPS) is 15.1. The minimum Gasteiger partial charge on any atom is -0.266 e. The molecular weight excluding hydrogens is 180 g/mol. The van der Waals surface area contributed by atoms with Crippen LogP contribution in [-0.4, -0.2) is 16.9 Å². The lowest BCUT2D eigenvalue weighted by molar-refractivity contribution is 0.0228. The lowest BCUT2D eigenvalue weighted by atomic mass is 10.1. The molecule has 1 aromatic carbocycles. The van der Waals surface area contributed by atoms with E-state index in [0.29, 0.717) is 0 Å². The minimum absolute atomic E-state index is 0.229. The van der Waals surface area contributed by atoms with E-state index in [4.69, 9.17) is 0 Å². The average Bonchev–Trinajstić information content (AvgIpc) is 2.33. The zero-order valence-electron chi connectivity index (χ0n) is 6.25. The molecule has 0 N–H and O–H groups in total. The molecular formula is C8H3F2NO2. The van der Waals surface area contributed by atoms with Crippen molar-refractivity contribution in [2.75, 3.05) is 0 Å². The highest BCUT2D eigenvalue weighted by Gasteiger charge is 2.38. The van der Waals surface area contributed by atoms with Gasteiger partial charge in [-0.05, 0) is 12.1 Å². The smallest absolute Gasteiger partial charge is 0.266 e. The van der Waals surface area contributed by atoms with E-state index < -0.39 is 28.3 Å². The van der Waals surface area contributed by atoms with Gasteiger partial charge in [0.05, 0.1) is 11.1 Å². The molecule has 0 saturated carbocycles. The number of rotatable bonds is 0. The van der Waals surface area contributed by atoms with Crippen LogP contribution < -0.4 is 0 Å². The van der Waals surface area contributed by atoms with Crippen molar-refractivity contribution in [1.29, 1.82) is 0 Å². The zero-order valence-corrected chi connectivity index (χ0v) is 6.25. The van der Waals surface area contributed by atoms with Gasteiger partial charge in [-0.3, -0.25) is 9.59 Å². The summed E-state index contributed by atoms with van der Waals surface area (Å²) in [5.74, 6) is -3.23. The largest absolute Gasteiger partial charge is 0.293 e. The fraction of sp³-hybridized carbons (Fsp3) is 0. The van der Waals surface area contributed by atoms with E-state index in [0.717, 1.165) is 6.07 Å². The van der Waals surface area contributed by atoms with Gasteiger partial charge in [0.25, 0.3) is 11.8 Å². The van der Waals surface area contributed by atoms with Crippen molar-refractivity contribution in [3.63, 3.8) is 0 Å². The molecule has 1 aromatic rings. The molecule has 3 nitrogen and oxygen atoms in total. The molecule has 13 heavy (non-hydrogen) atoms. The summed E-state index contributed by atoms with van der Waals surface area (Å²) in [7, 11) is 0. The fourth-order valence-electron chi connectivity index (χ4n) is 1.22. The molecule has 5 heteroatoms. The number of hydrogen-bond donors (Lipinski definition) is 0. The summed E-state index contributed by atoms with van der Waals surface area (Å²) in [6.07, 6.45) is 0. The van der Waals surface area contributed by atoms with Crippen molar-refractivity contribution in [3.8, 4) is 0 Å². The second-order valence-electron chi connectivity index (χ2n) is 2.55. The van der Waals surface area contributed by atoms with Crippen molar-refractivity contribution < 1.29 is 18.5 Å². The Morgan fingerprint density at radius 2 is 1.85 bits per heavy atom. The monoisotopic (exact) mass is 183 g/mol. The number of carbonyl (C=O) groups is 2. The van der Waals surface area contributed by atoms with Crippen LogP contribution in [0, 0.1) is 5.82 Å². The first kappa shape index (κ1) is 7.85. The predicted octanol–water partition coefficient (Wildman–Crippen LogP) is 1.31. The Hall–Kier alpha value is -1.78. The van der Waals surface area contributed by atoms with E-state index in [1.807, 2.05) is 0 Å². The molecule has 66 valence electrons. The number of halogens is 2. The van der Waals surface area contributed by atoms with Gasteiger partial charge in [0.1, 0.15) is 5.82 Å². The standard InChI is InChI=1S/C8H3F2NO2/c9-5-3-1-2-4-6(5)8(13)11(10)7(4)12/h1-3H. The van der Waals surface area contributed by atoms with Crippen LogP contribution in [0.25, 0.3) is 0 Å². The molecule has 0 atom stereocenters. The number of amides is 2. The van der Waals surface area contributed by atoms with Gasteiger partial charge < -0.3 is 0 Å². The maximum atomic E-state index is 12.9. The Labute approximate surface area is 71.5 Å². The van der Waals surface area contributed by atoms with Crippen LogP contribution in [-0.2, 0) is 0 Å². The Morgan fingerprint density at radius 3 is 2.46 bits per heavy atom. The summed E-state index contributed by atoms with van der Waals surface area (Å²) in [6, 6.07) is 3.46. The summed E-state index contributed by atoms with van der Waals surface area (Å²) >= 11 is 0. The van der Waals surface area contributed by atoms with Crippen LogP contribution in [0.3, 0.4) is 0 Å². The molecule has 0 spiro atoms. The Bertz CT molecular complexity index is 417. The first-order chi connectivity index (χ1) is 6.13. The SMILES string of the molecule is O=C1c2cccc(F)c2C(=O)N1F. The lowest BCUT2D eigenvalue weighted by Gasteiger charge is -1.95. The predicted molar refractivity (Wildman–Crippen MR) is 38.0 cm³/mol. The number of hydrogen-bond acceptors (Lipinski definition) is 2. The third-order valence-electron chi connectivity index (χ3n) is 1.81. The second-order valence-corrected chi connectivity index (χ2v) is 2.55. The molecule has 0 radical (unpaired) electrons. The molecule has 0 aromatic heterocycles. The van der Waals surface area contributed by atoms with Crippen LogP contribution in [0.4, 0.5) is 8.87 Å². The van der Waals surface area contributed by atoms with E-state index in [1.165, 1.54) is 12.1 Å². The first-order valence-electron chi connectivity index (χ1n) is 3.46. The van der Waals surface area contributed by atoms with Gasteiger partial charge in [0, 0.05) is 0 Å². The van der Waals surface area contributed by atoms with Gasteiger partial charge in [-0.1, -0.05) is 10.5 Å². The lowest BCUT2D eigenvalue weighted by Crippen LogP contribution is -2.19. The number of fused-ring (bicyclic) bond motifs is 1. The van der Waals surface area contributed by atoms with Gasteiger partial charge in [0.15, 0.2) is 0 Å². The fourth-order valence-corrected chi connectivity index (χ4v) is 1.22.